The van der Waals surface area contributed by atoms with Gasteiger partial charge < -0.3 is 4.74 Å². The number of benzene rings is 1. The van der Waals surface area contributed by atoms with Crippen molar-refractivity contribution in [2.75, 3.05) is 6.61 Å². The molecule has 0 saturated heterocycles. The highest BCUT2D eigenvalue weighted by Gasteiger charge is 1.95. The van der Waals surface area contributed by atoms with E-state index in [1.54, 1.807) is 0 Å². The van der Waals surface area contributed by atoms with E-state index in [1.165, 1.54) is 31.2 Å². The first kappa shape index (κ1) is 12.8. The first-order valence-corrected chi connectivity index (χ1v) is 6.19. The summed E-state index contributed by atoms with van der Waals surface area (Å²) in [7, 11) is 0. The second-order valence-electron chi connectivity index (χ2n) is 3.98. The van der Waals surface area contributed by atoms with Gasteiger partial charge in [-0.2, -0.15) is 0 Å². The molecule has 0 unspecified atom stereocenters. The summed E-state index contributed by atoms with van der Waals surface area (Å²) in [5.74, 6) is 0.956. The highest BCUT2D eigenvalue weighted by atomic mass is 16.5. The number of hydrogen-bond acceptors (Lipinski definition) is 1. The summed E-state index contributed by atoms with van der Waals surface area (Å²) < 4.78 is 5.54. The summed E-state index contributed by atoms with van der Waals surface area (Å²) in [4.78, 5) is 0. The van der Waals surface area contributed by atoms with Crippen molar-refractivity contribution in [3.8, 4) is 5.75 Å². The van der Waals surface area contributed by atoms with Gasteiger partial charge in [0.25, 0.3) is 0 Å². The molecule has 0 heterocycles. The van der Waals surface area contributed by atoms with Crippen LogP contribution in [0.1, 0.15) is 38.7 Å². The summed E-state index contributed by atoms with van der Waals surface area (Å²) in [6.45, 7) is 4.89. The molecule has 0 aliphatic carbocycles. The summed E-state index contributed by atoms with van der Waals surface area (Å²) in [6, 6.07) is 8.46. The molecule has 1 aromatic carbocycles. The highest BCUT2D eigenvalue weighted by Crippen LogP contribution is 2.14. The lowest BCUT2D eigenvalue weighted by Gasteiger charge is -2.05. The van der Waals surface area contributed by atoms with Gasteiger partial charge in [0.2, 0.25) is 0 Å². The van der Waals surface area contributed by atoms with Gasteiger partial charge in [-0.15, -0.1) is 0 Å². The molecular weight excluding hydrogens is 196 g/mol. The van der Waals surface area contributed by atoms with Crippen molar-refractivity contribution in [1.29, 1.82) is 0 Å². The molecule has 1 heteroatoms. The van der Waals surface area contributed by atoms with Crippen LogP contribution in [0, 0.1) is 0 Å². The maximum atomic E-state index is 5.54. The van der Waals surface area contributed by atoms with Crippen LogP contribution in [0.25, 0.3) is 0 Å². The van der Waals surface area contributed by atoms with Crippen LogP contribution in [0.2, 0.25) is 0 Å². The van der Waals surface area contributed by atoms with Crippen LogP contribution in [-0.2, 0) is 6.42 Å². The molecule has 1 nitrogen and oxygen atoms in total. The molecule has 0 atom stereocenters. The van der Waals surface area contributed by atoms with E-state index in [0.29, 0.717) is 6.61 Å². The van der Waals surface area contributed by atoms with Gasteiger partial charge in [-0.05, 0) is 37.5 Å². The Morgan fingerprint density at radius 2 is 1.88 bits per heavy atom. The second-order valence-corrected chi connectivity index (χ2v) is 3.98. The molecule has 0 amide bonds. The molecule has 0 aromatic heterocycles. The minimum atomic E-state index is 0.658. The molecular formula is C15H22O. The Hall–Kier alpha value is -1.24. The van der Waals surface area contributed by atoms with Crippen molar-refractivity contribution < 1.29 is 4.74 Å². The van der Waals surface area contributed by atoms with Gasteiger partial charge in [-0.3, -0.25) is 0 Å². The van der Waals surface area contributed by atoms with Crippen molar-refractivity contribution in [2.45, 2.75) is 39.5 Å². The zero-order chi connectivity index (χ0) is 11.6. The molecule has 0 radical (unpaired) electrons. The zero-order valence-electron chi connectivity index (χ0n) is 10.4. The number of ether oxygens (including phenoxy) is 1. The lowest BCUT2D eigenvalue weighted by Crippen LogP contribution is -1.93. The maximum Gasteiger partial charge on any atom is 0.119 e. The molecule has 0 spiro atoms. The number of allylic oxidation sites excluding steroid dienone is 1. The van der Waals surface area contributed by atoms with Crippen LogP contribution in [0.3, 0.4) is 0 Å². The average Bonchev–Trinajstić information content (AvgIpc) is 2.32. The number of hydrogen-bond donors (Lipinski definition) is 0. The number of unbranched alkanes of at least 4 members (excludes halogenated alkanes) is 2. The van der Waals surface area contributed by atoms with E-state index in [-0.39, 0.29) is 0 Å². The lowest BCUT2D eigenvalue weighted by molar-refractivity contribution is 0.362. The third kappa shape index (κ3) is 5.01. The van der Waals surface area contributed by atoms with Crippen molar-refractivity contribution in [3.05, 3.63) is 42.0 Å². The molecule has 88 valence electrons. The first-order valence-electron chi connectivity index (χ1n) is 6.19. The molecule has 0 aliphatic rings. The second kappa shape index (κ2) is 7.98. The van der Waals surface area contributed by atoms with Crippen LogP contribution < -0.4 is 4.74 Å². The topological polar surface area (TPSA) is 9.23 Å². The molecule has 1 rings (SSSR count). The van der Waals surface area contributed by atoms with E-state index >= 15 is 0 Å². The van der Waals surface area contributed by atoms with E-state index < -0.39 is 0 Å². The van der Waals surface area contributed by atoms with Gasteiger partial charge in [0, 0.05) is 0 Å². The van der Waals surface area contributed by atoms with Gasteiger partial charge >= 0.3 is 0 Å². The Balaban J connectivity index is 2.35. The van der Waals surface area contributed by atoms with E-state index in [2.05, 4.69) is 31.2 Å². The molecule has 0 bridgehead atoms. The predicted octanol–water partition coefficient (Wildman–Crippen LogP) is 4.37. The fourth-order valence-corrected chi connectivity index (χ4v) is 1.57. The number of rotatable bonds is 7. The highest BCUT2D eigenvalue weighted by molar-refractivity contribution is 5.27. The summed E-state index contributed by atoms with van der Waals surface area (Å²) >= 11 is 0. The van der Waals surface area contributed by atoms with Crippen molar-refractivity contribution in [2.24, 2.45) is 0 Å². The lowest BCUT2D eigenvalue weighted by atomic mass is 10.1. The zero-order valence-corrected chi connectivity index (χ0v) is 10.4. The maximum absolute atomic E-state index is 5.54. The van der Waals surface area contributed by atoms with Crippen LogP contribution in [0.4, 0.5) is 0 Å². The average molecular weight is 218 g/mol. The van der Waals surface area contributed by atoms with E-state index in [4.69, 9.17) is 4.74 Å². The summed E-state index contributed by atoms with van der Waals surface area (Å²) in [5.41, 5.74) is 1.41. The van der Waals surface area contributed by atoms with Crippen LogP contribution >= 0.6 is 0 Å². The minimum absolute atomic E-state index is 0.658. The molecule has 0 N–H and O–H groups in total. The Morgan fingerprint density at radius 1 is 1.12 bits per heavy atom. The van der Waals surface area contributed by atoms with Crippen LogP contribution in [0.15, 0.2) is 36.4 Å². The molecule has 16 heavy (non-hydrogen) atoms. The molecule has 0 saturated carbocycles. The van der Waals surface area contributed by atoms with Crippen molar-refractivity contribution >= 4 is 0 Å². The standard InChI is InChI=1S/C15H22O/c1-3-5-7-8-14-9-11-15(12-10-14)16-13-6-4-2/h4,6,9-12H,3,5,7-8,13H2,1-2H3. The number of aryl methyl sites for hydroxylation is 1. The first-order chi connectivity index (χ1) is 7.86. The SMILES string of the molecule is CC=CCOc1ccc(CCCCC)cc1. The summed E-state index contributed by atoms with van der Waals surface area (Å²) in [6.07, 6.45) is 9.08. The van der Waals surface area contributed by atoms with Gasteiger partial charge in [0.15, 0.2) is 0 Å². The third-order valence-corrected chi connectivity index (χ3v) is 2.57. The molecule has 0 aliphatic heterocycles. The van der Waals surface area contributed by atoms with Gasteiger partial charge in [0.1, 0.15) is 12.4 Å². The monoisotopic (exact) mass is 218 g/mol. The molecule has 0 fully saturated rings. The molecule has 1 aromatic rings. The normalized spacial score (nSPS) is 10.9. The van der Waals surface area contributed by atoms with Crippen LogP contribution in [0.5, 0.6) is 5.75 Å². The van der Waals surface area contributed by atoms with E-state index in [0.717, 1.165) is 5.75 Å². The Kier molecular flexibility index (Phi) is 6.39. The smallest absolute Gasteiger partial charge is 0.119 e. The third-order valence-electron chi connectivity index (χ3n) is 2.57. The summed E-state index contributed by atoms with van der Waals surface area (Å²) in [5, 5.41) is 0. The predicted molar refractivity (Wildman–Crippen MR) is 70.0 cm³/mol. The van der Waals surface area contributed by atoms with Gasteiger partial charge in [0.05, 0.1) is 0 Å². The fraction of sp³-hybridized carbons (Fsp3) is 0.467. The van der Waals surface area contributed by atoms with Crippen LogP contribution in [-0.4, -0.2) is 6.61 Å². The van der Waals surface area contributed by atoms with E-state index in [9.17, 15) is 0 Å². The minimum Gasteiger partial charge on any atom is -0.490 e. The quantitative estimate of drug-likeness (QED) is 0.487. The largest absolute Gasteiger partial charge is 0.490 e. The Morgan fingerprint density at radius 3 is 2.50 bits per heavy atom. The Bertz CT molecular complexity index is 298. The van der Waals surface area contributed by atoms with E-state index in [1.807, 2.05) is 19.1 Å². The fourth-order valence-electron chi connectivity index (χ4n) is 1.57. The van der Waals surface area contributed by atoms with Crippen molar-refractivity contribution in [1.82, 2.24) is 0 Å². The Labute approximate surface area is 99.1 Å². The van der Waals surface area contributed by atoms with Gasteiger partial charge in [-0.1, -0.05) is 44.1 Å². The van der Waals surface area contributed by atoms with Gasteiger partial charge in [-0.25, -0.2) is 0 Å². The van der Waals surface area contributed by atoms with Crippen molar-refractivity contribution in [3.63, 3.8) is 0 Å².